The van der Waals surface area contributed by atoms with Crippen molar-refractivity contribution in [1.82, 2.24) is 10.3 Å². The first kappa shape index (κ1) is 25.5. The van der Waals surface area contributed by atoms with Crippen LogP contribution in [0.4, 0.5) is 8.78 Å². The SMILES string of the molecule is COc1cc(F)c(C(=O)NC(Cc2ccc(-c3ccc(C#N)cc3Cl)c3ncccc23)C(=O)O)c(F)c1. The molecule has 186 valence electrons. The highest BCUT2D eigenvalue weighted by Crippen LogP contribution is 2.35. The fraction of sp³-hybridized carbons (Fsp3) is 0.111. The number of carboxylic acids is 1. The van der Waals surface area contributed by atoms with Crippen LogP contribution in [-0.4, -0.2) is 35.1 Å². The van der Waals surface area contributed by atoms with Gasteiger partial charge in [-0.15, -0.1) is 0 Å². The Balaban J connectivity index is 1.69. The highest BCUT2D eigenvalue weighted by molar-refractivity contribution is 6.33. The minimum absolute atomic E-state index is 0.122. The minimum Gasteiger partial charge on any atom is -0.497 e. The number of carboxylic acid groups (broad SMARTS) is 1. The van der Waals surface area contributed by atoms with Gasteiger partial charge < -0.3 is 15.2 Å². The van der Waals surface area contributed by atoms with E-state index in [1.54, 1.807) is 42.6 Å². The number of nitriles is 1. The molecule has 0 aliphatic rings. The number of methoxy groups -OCH3 is 1. The summed E-state index contributed by atoms with van der Waals surface area (Å²) in [5.41, 5.74) is 1.82. The molecule has 0 saturated heterocycles. The fourth-order valence-corrected chi connectivity index (χ4v) is 4.25. The third kappa shape index (κ3) is 5.20. The van der Waals surface area contributed by atoms with Crippen LogP contribution < -0.4 is 10.1 Å². The lowest BCUT2D eigenvalue weighted by molar-refractivity contribution is -0.139. The zero-order chi connectivity index (χ0) is 26.7. The highest BCUT2D eigenvalue weighted by Gasteiger charge is 2.26. The molecule has 1 atom stereocenters. The number of ether oxygens (including phenoxy) is 1. The van der Waals surface area contributed by atoms with Crippen LogP contribution >= 0.6 is 11.6 Å². The molecule has 1 unspecified atom stereocenters. The molecule has 7 nitrogen and oxygen atoms in total. The second-order valence-corrected chi connectivity index (χ2v) is 8.42. The molecular formula is C27H18ClF2N3O4. The number of nitrogens with zero attached hydrogens (tertiary/aromatic N) is 2. The van der Waals surface area contributed by atoms with E-state index in [1.165, 1.54) is 13.2 Å². The van der Waals surface area contributed by atoms with Crippen molar-refractivity contribution in [2.45, 2.75) is 12.5 Å². The van der Waals surface area contributed by atoms with Gasteiger partial charge in [-0.05, 0) is 23.8 Å². The van der Waals surface area contributed by atoms with Crippen LogP contribution in [0.5, 0.6) is 5.75 Å². The topological polar surface area (TPSA) is 112 Å². The average molecular weight is 522 g/mol. The lowest BCUT2D eigenvalue weighted by atomic mass is 9.94. The number of aliphatic carboxylic acids is 1. The van der Waals surface area contributed by atoms with Gasteiger partial charge in [0, 0.05) is 46.3 Å². The van der Waals surface area contributed by atoms with Gasteiger partial charge in [-0.1, -0.05) is 35.9 Å². The van der Waals surface area contributed by atoms with Crippen molar-refractivity contribution in [3.05, 3.63) is 94.1 Å². The van der Waals surface area contributed by atoms with Gasteiger partial charge in [-0.3, -0.25) is 9.78 Å². The number of carbonyl (C=O) groups excluding carboxylic acids is 1. The smallest absolute Gasteiger partial charge is 0.326 e. The number of benzene rings is 3. The first-order valence-electron chi connectivity index (χ1n) is 10.9. The van der Waals surface area contributed by atoms with Crippen LogP contribution in [0.2, 0.25) is 5.02 Å². The lowest BCUT2D eigenvalue weighted by Crippen LogP contribution is -2.43. The van der Waals surface area contributed by atoms with E-state index in [0.29, 0.717) is 38.2 Å². The van der Waals surface area contributed by atoms with E-state index in [1.807, 2.05) is 6.07 Å². The predicted octanol–water partition coefficient (Wildman–Crippen LogP) is 5.14. The van der Waals surface area contributed by atoms with E-state index in [0.717, 1.165) is 12.1 Å². The van der Waals surface area contributed by atoms with E-state index in [9.17, 15) is 23.5 Å². The van der Waals surface area contributed by atoms with Crippen molar-refractivity contribution in [3.8, 4) is 22.9 Å². The van der Waals surface area contributed by atoms with E-state index in [-0.39, 0.29) is 12.2 Å². The van der Waals surface area contributed by atoms with Gasteiger partial charge in [0.1, 0.15) is 29.0 Å². The number of aromatic nitrogens is 1. The van der Waals surface area contributed by atoms with Gasteiger partial charge in [-0.25, -0.2) is 13.6 Å². The number of amides is 1. The summed E-state index contributed by atoms with van der Waals surface area (Å²) in [6.07, 6.45) is 1.38. The minimum atomic E-state index is -1.50. The number of rotatable bonds is 7. The predicted molar refractivity (Wildman–Crippen MR) is 132 cm³/mol. The standard InChI is InChI=1S/C27H18ClF2N3O4/c1-37-16-11-21(29)24(22(30)12-16)26(34)33-23(27(35)36)10-15-5-7-19(25-17(15)3-2-8-32-25)18-6-4-14(13-31)9-20(18)28/h2-9,11-12,23H,10H2,1H3,(H,33,34)(H,35,36). The number of fused-ring (bicyclic) bond motifs is 1. The van der Waals surface area contributed by atoms with Crippen molar-refractivity contribution < 1.29 is 28.2 Å². The molecule has 3 aromatic carbocycles. The van der Waals surface area contributed by atoms with Crippen LogP contribution in [0.1, 0.15) is 21.5 Å². The van der Waals surface area contributed by atoms with Crippen LogP contribution in [0.25, 0.3) is 22.0 Å². The maximum Gasteiger partial charge on any atom is 0.326 e. The first-order valence-corrected chi connectivity index (χ1v) is 11.2. The number of hydrogen-bond donors (Lipinski definition) is 2. The number of halogens is 3. The zero-order valence-corrected chi connectivity index (χ0v) is 20.0. The summed E-state index contributed by atoms with van der Waals surface area (Å²) < 4.78 is 33.5. The van der Waals surface area contributed by atoms with Crippen LogP contribution in [0.15, 0.2) is 60.8 Å². The maximum absolute atomic E-state index is 14.4. The lowest BCUT2D eigenvalue weighted by Gasteiger charge is -2.18. The Kier molecular flexibility index (Phi) is 7.32. The molecule has 2 N–H and O–H groups in total. The summed E-state index contributed by atoms with van der Waals surface area (Å²) in [5, 5.41) is 22.0. The monoisotopic (exact) mass is 521 g/mol. The Hall–Kier alpha value is -4.55. The highest BCUT2D eigenvalue weighted by atomic mass is 35.5. The third-order valence-corrected chi connectivity index (χ3v) is 6.07. The largest absolute Gasteiger partial charge is 0.497 e. The molecule has 10 heteroatoms. The molecule has 0 bridgehead atoms. The molecule has 0 spiro atoms. The summed E-state index contributed by atoms with van der Waals surface area (Å²) in [5.74, 6) is -5.09. The van der Waals surface area contributed by atoms with Crippen LogP contribution in [-0.2, 0) is 11.2 Å². The van der Waals surface area contributed by atoms with E-state index in [4.69, 9.17) is 21.6 Å². The zero-order valence-electron chi connectivity index (χ0n) is 19.3. The second-order valence-electron chi connectivity index (χ2n) is 8.01. The molecule has 0 aliphatic carbocycles. The quantitative estimate of drug-likeness (QED) is 0.348. The maximum atomic E-state index is 14.4. The fourth-order valence-electron chi connectivity index (χ4n) is 3.97. The number of nitrogens with one attached hydrogen (secondary N) is 1. The average Bonchev–Trinajstić information content (AvgIpc) is 2.88. The van der Waals surface area contributed by atoms with Crippen molar-refractivity contribution in [1.29, 1.82) is 5.26 Å². The molecular weight excluding hydrogens is 504 g/mol. The van der Waals surface area contributed by atoms with Gasteiger partial charge in [0.2, 0.25) is 0 Å². The molecule has 0 aliphatic heterocycles. The summed E-state index contributed by atoms with van der Waals surface area (Å²) in [6, 6.07) is 13.8. The Morgan fingerprint density at radius 2 is 1.84 bits per heavy atom. The Morgan fingerprint density at radius 3 is 2.46 bits per heavy atom. The summed E-state index contributed by atoms with van der Waals surface area (Å²) in [6.45, 7) is 0. The first-order chi connectivity index (χ1) is 17.7. The van der Waals surface area contributed by atoms with Gasteiger partial charge in [0.25, 0.3) is 5.91 Å². The summed E-state index contributed by atoms with van der Waals surface area (Å²) in [4.78, 5) is 29.1. The van der Waals surface area contributed by atoms with E-state index in [2.05, 4.69) is 10.3 Å². The Labute approximate surface area is 214 Å². The number of pyridine rings is 1. The van der Waals surface area contributed by atoms with Crippen molar-refractivity contribution in [2.24, 2.45) is 0 Å². The van der Waals surface area contributed by atoms with Crippen LogP contribution in [0, 0.1) is 23.0 Å². The van der Waals surface area contributed by atoms with E-state index >= 15 is 0 Å². The molecule has 1 heterocycles. The van der Waals surface area contributed by atoms with Crippen LogP contribution in [0.3, 0.4) is 0 Å². The molecule has 4 aromatic rings. The van der Waals surface area contributed by atoms with Gasteiger partial charge in [0.05, 0.1) is 24.3 Å². The molecule has 4 rings (SSSR count). The summed E-state index contributed by atoms with van der Waals surface area (Å²) in [7, 11) is 1.22. The Bertz CT molecular complexity index is 1560. The molecule has 1 amide bonds. The number of hydrogen-bond acceptors (Lipinski definition) is 5. The van der Waals surface area contributed by atoms with Gasteiger partial charge in [0.15, 0.2) is 0 Å². The molecule has 0 fully saturated rings. The van der Waals surface area contributed by atoms with Crippen molar-refractivity contribution in [2.75, 3.05) is 7.11 Å². The Morgan fingerprint density at radius 1 is 1.14 bits per heavy atom. The van der Waals surface area contributed by atoms with Gasteiger partial charge >= 0.3 is 5.97 Å². The normalized spacial score (nSPS) is 11.5. The van der Waals surface area contributed by atoms with Crippen molar-refractivity contribution >= 4 is 34.4 Å². The van der Waals surface area contributed by atoms with E-state index < -0.39 is 35.1 Å². The molecule has 37 heavy (non-hydrogen) atoms. The summed E-state index contributed by atoms with van der Waals surface area (Å²) >= 11 is 6.40. The number of carbonyl (C=O) groups is 2. The van der Waals surface area contributed by atoms with Crippen molar-refractivity contribution in [3.63, 3.8) is 0 Å². The molecule has 1 aromatic heterocycles. The van der Waals surface area contributed by atoms with Gasteiger partial charge in [-0.2, -0.15) is 5.26 Å². The third-order valence-electron chi connectivity index (χ3n) is 5.75. The molecule has 0 saturated carbocycles. The molecule has 0 radical (unpaired) electrons. The second kappa shape index (κ2) is 10.6.